The third kappa shape index (κ3) is 4.44. The molecule has 5 atom stereocenters. The number of hydrogen-bond donors (Lipinski definition) is 2. The Morgan fingerprint density at radius 3 is 2.97 bits per heavy atom. The van der Waals surface area contributed by atoms with Gasteiger partial charge in [-0.1, -0.05) is 23.4 Å². The number of nitrogens with zero attached hydrogens (tertiary/aromatic N) is 6. The van der Waals surface area contributed by atoms with Crippen LogP contribution in [-0.4, -0.2) is 72.6 Å². The van der Waals surface area contributed by atoms with Crippen molar-refractivity contribution in [3.8, 4) is 10.7 Å². The summed E-state index contributed by atoms with van der Waals surface area (Å²) in [5, 5.41) is 31.9. The van der Waals surface area contributed by atoms with Gasteiger partial charge < -0.3 is 24.5 Å². The molecule has 3 aromatic heterocycles. The second-order valence-corrected chi connectivity index (χ2v) is 9.00. The lowest BCUT2D eigenvalue weighted by Gasteiger charge is -2.43. The average Bonchev–Trinajstić information content (AvgIpc) is 3.46. The van der Waals surface area contributed by atoms with Crippen LogP contribution in [0.2, 0.25) is 5.02 Å². The molecule has 3 aromatic rings. The van der Waals surface area contributed by atoms with E-state index in [1.807, 2.05) is 5.38 Å². The van der Waals surface area contributed by atoms with Crippen LogP contribution in [0.15, 0.2) is 34.9 Å². The number of thioether (sulfide) groups is 1. The molecule has 162 valence electrons. The Hall–Kier alpha value is -2.11. The molecule has 1 aliphatic rings. The maximum atomic E-state index is 10.9. The third-order valence-corrected chi connectivity index (χ3v) is 6.88. The Balaban J connectivity index is 1.68. The minimum absolute atomic E-state index is 0.169. The summed E-state index contributed by atoms with van der Waals surface area (Å²) in [6.07, 6.45) is 2.04. The number of methoxy groups -OCH3 is 1. The van der Waals surface area contributed by atoms with Crippen molar-refractivity contribution in [3.63, 3.8) is 0 Å². The van der Waals surface area contributed by atoms with Gasteiger partial charge in [-0.2, -0.15) is 0 Å². The molecule has 0 bridgehead atoms. The Labute approximate surface area is 190 Å². The van der Waals surface area contributed by atoms with Crippen molar-refractivity contribution in [3.05, 3.63) is 46.5 Å². The second-order valence-electron chi connectivity index (χ2n) is 6.53. The summed E-state index contributed by atoms with van der Waals surface area (Å²) in [5.74, 6) is 0.169. The lowest BCUT2D eigenvalue weighted by Crippen LogP contribution is -2.55. The van der Waals surface area contributed by atoms with Crippen LogP contribution in [0.4, 0.5) is 5.82 Å². The number of aromatic nitrogens is 5. The van der Waals surface area contributed by atoms with Gasteiger partial charge in [0.15, 0.2) is 0 Å². The summed E-state index contributed by atoms with van der Waals surface area (Å²) in [7, 11) is 1.49. The highest BCUT2D eigenvalue weighted by Crippen LogP contribution is 2.42. The van der Waals surface area contributed by atoms with Crippen molar-refractivity contribution in [2.24, 2.45) is 0 Å². The maximum absolute atomic E-state index is 10.9. The molecule has 1 fully saturated rings. The number of hydrogen-bond acceptors (Lipinski definition) is 10. The lowest BCUT2D eigenvalue weighted by atomic mass is 9.97. The molecule has 1 saturated heterocycles. The zero-order chi connectivity index (χ0) is 22.0. The zero-order valence-electron chi connectivity index (χ0n) is 16.1. The molecule has 4 heterocycles. The average molecular weight is 481 g/mol. The predicted molar refractivity (Wildman–Crippen MR) is 114 cm³/mol. The van der Waals surface area contributed by atoms with E-state index in [4.69, 9.17) is 27.6 Å². The molecule has 2 N–H and O–H groups in total. The van der Waals surface area contributed by atoms with Crippen LogP contribution in [0.25, 0.3) is 15.5 Å². The van der Waals surface area contributed by atoms with Gasteiger partial charge in [0, 0.05) is 23.6 Å². The van der Waals surface area contributed by atoms with Gasteiger partial charge in [0.1, 0.15) is 46.7 Å². The first-order valence-corrected chi connectivity index (χ1v) is 11.2. The second kappa shape index (κ2) is 9.58. The molecule has 0 aliphatic carbocycles. The molecule has 10 nitrogen and oxygen atoms in total. The van der Waals surface area contributed by atoms with Crippen LogP contribution < -0.4 is 0 Å². The minimum atomic E-state index is -1.12. The minimum Gasteiger partial charge on any atom is -0.394 e. The number of aliphatic hydroxyl groups excluding tert-OH is 2. The Kier molecular flexibility index (Phi) is 6.83. The van der Waals surface area contributed by atoms with Crippen LogP contribution in [-0.2, 0) is 9.47 Å². The van der Waals surface area contributed by atoms with Crippen molar-refractivity contribution in [1.82, 2.24) is 25.0 Å². The van der Waals surface area contributed by atoms with E-state index < -0.39 is 36.4 Å². The van der Waals surface area contributed by atoms with Crippen molar-refractivity contribution in [2.75, 3.05) is 13.7 Å². The smallest absolute Gasteiger partial charge is 0.283 e. The number of thiazole rings is 1. The molecule has 0 saturated carbocycles. The number of aliphatic hydroxyl groups is 2. The number of halogens is 1. The maximum Gasteiger partial charge on any atom is 0.283 e. The highest BCUT2D eigenvalue weighted by Gasteiger charge is 2.47. The van der Waals surface area contributed by atoms with E-state index in [0.717, 1.165) is 0 Å². The van der Waals surface area contributed by atoms with Crippen molar-refractivity contribution < 1.29 is 19.7 Å². The van der Waals surface area contributed by atoms with Gasteiger partial charge in [0.2, 0.25) is 0 Å². The van der Waals surface area contributed by atoms with Crippen molar-refractivity contribution >= 4 is 40.5 Å². The monoisotopic (exact) mass is 480 g/mol. The summed E-state index contributed by atoms with van der Waals surface area (Å²) in [6, 6.07) is 0.908. The summed E-state index contributed by atoms with van der Waals surface area (Å²) >= 11 is 8.66. The zero-order valence-corrected chi connectivity index (χ0v) is 18.5. The standard InChI is InChI=1S/C18H17ClN6O4S2/c1-20-16-12(5-9(19)6-22-16)31-18-15(28-2)13(14(27)11(8-26)29-18)25-7-10(23-24-25)17-21-3-4-30-17/h3-7,11,13-15,18,26-27H,8H2,2H3/t11?,13-,14-,15?,18+/m0/s1. The number of pyridine rings is 1. The quantitative estimate of drug-likeness (QED) is 0.512. The molecule has 0 radical (unpaired) electrons. The van der Waals surface area contributed by atoms with Gasteiger partial charge in [-0.15, -0.1) is 33.2 Å². The molecule has 0 amide bonds. The van der Waals surface area contributed by atoms with E-state index in [1.165, 1.54) is 41.1 Å². The molecule has 0 aromatic carbocycles. The van der Waals surface area contributed by atoms with Gasteiger partial charge in [-0.25, -0.2) is 9.67 Å². The van der Waals surface area contributed by atoms with Crippen molar-refractivity contribution in [2.45, 2.75) is 34.7 Å². The first-order chi connectivity index (χ1) is 15.0. The molecule has 0 spiro atoms. The van der Waals surface area contributed by atoms with Crippen LogP contribution in [0.5, 0.6) is 0 Å². The molecule has 13 heteroatoms. The van der Waals surface area contributed by atoms with Crippen LogP contribution in [0, 0.1) is 6.57 Å². The largest absolute Gasteiger partial charge is 0.394 e. The highest BCUT2D eigenvalue weighted by molar-refractivity contribution is 8.00. The van der Waals surface area contributed by atoms with E-state index in [1.54, 1.807) is 18.5 Å². The first kappa shape index (κ1) is 22.1. The summed E-state index contributed by atoms with van der Waals surface area (Å²) in [4.78, 5) is 12.2. The van der Waals surface area contributed by atoms with Gasteiger partial charge in [0.05, 0.1) is 17.8 Å². The van der Waals surface area contributed by atoms with E-state index in [9.17, 15) is 10.2 Å². The Bertz CT molecular complexity index is 1080. The van der Waals surface area contributed by atoms with Crippen LogP contribution in [0.3, 0.4) is 0 Å². The first-order valence-electron chi connectivity index (χ1n) is 9.04. The normalized spacial score (nSPS) is 26.0. The molecule has 2 unspecified atom stereocenters. The highest BCUT2D eigenvalue weighted by atomic mass is 35.5. The summed E-state index contributed by atoms with van der Waals surface area (Å²) < 4.78 is 13.1. The van der Waals surface area contributed by atoms with E-state index in [0.29, 0.717) is 20.6 Å². The van der Waals surface area contributed by atoms with Gasteiger partial charge in [-0.3, -0.25) is 0 Å². The molecule has 1 aliphatic heterocycles. The van der Waals surface area contributed by atoms with Gasteiger partial charge in [0.25, 0.3) is 5.82 Å². The molecule has 4 rings (SSSR count). The number of ether oxygens (including phenoxy) is 2. The third-order valence-electron chi connectivity index (χ3n) is 4.71. The summed E-state index contributed by atoms with van der Waals surface area (Å²) in [5.41, 5.74) is -0.133. The van der Waals surface area contributed by atoms with Gasteiger partial charge >= 0.3 is 0 Å². The lowest BCUT2D eigenvalue weighted by molar-refractivity contribution is -0.186. The Morgan fingerprint density at radius 2 is 2.29 bits per heavy atom. The van der Waals surface area contributed by atoms with Crippen LogP contribution >= 0.6 is 34.7 Å². The fourth-order valence-corrected chi connectivity index (χ4v) is 5.35. The molecular weight excluding hydrogens is 464 g/mol. The predicted octanol–water partition coefficient (Wildman–Crippen LogP) is 2.43. The van der Waals surface area contributed by atoms with E-state index >= 15 is 0 Å². The fraction of sp³-hybridized carbons (Fsp3) is 0.389. The SMILES string of the molecule is [C-]#[N+]c1ncc(Cl)cc1S[C@H]1OC(CO)[C@H](O)[C@H](n2cc(-c3nccs3)nn2)C1OC. The fourth-order valence-electron chi connectivity index (χ4n) is 3.29. The van der Waals surface area contributed by atoms with Crippen molar-refractivity contribution in [1.29, 1.82) is 0 Å². The van der Waals surface area contributed by atoms with Crippen LogP contribution in [0.1, 0.15) is 6.04 Å². The molecule has 31 heavy (non-hydrogen) atoms. The van der Waals surface area contributed by atoms with Gasteiger partial charge in [-0.05, 0) is 6.07 Å². The molecular formula is C18H17ClN6O4S2. The van der Waals surface area contributed by atoms with E-state index in [2.05, 4.69) is 25.1 Å². The van der Waals surface area contributed by atoms with E-state index in [-0.39, 0.29) is 5.82 Å². The Morgan fingerprint density at radius 1 is 1.45 bits per heavy atom. The topological polar surface area (TPSA) is 120 Å². The number of rotatable bonds is 6. The summed E-state index contributed by atoms with van der Waals surface area (Å²) in [6.45, 7) is 6.93.